The highest BCUT2D eigenvalue weighted by Gasteiger charge is 2.29. The maximum Gasteiger partial charge on any atom is 0.242 e. The molecule has 0 aliphatic carbocycles. The molecule has 0 N–H and O–H groups in total. The summed E-state index contributed by atoms with van der Waals surface area (Å²) >= 11 is 0. The fourth-order valence-electron chi connectivity index (χ4n) is 5.11. The van der Waals surface area contributed by atoms with Crippen LogP contribution in [0.25, 0.3) is 0 Å². The zero-order chi connectivity index (χ0) is 22.3. The lowest BCUT2D eigenvalue weighted by atomic mass is 9.95. The van der Waals surface area contributed by atoms with Gasteiger partial charge in [-0.3, -0.25) is 14.5 Å². The summed E-state index contributed by atoms with van der Waals surface area (Å²) in [5, 5.41) is 0. The molecule has 7 heteroatoms. The first-order valence-electron chi connectivity index (χ1n) is 12.2. The van der Waals surface area contributed by atoms with Crippen LogP contribution in [0.15, 0.2) is 24.3 Å². The lowest BCUT2D eigenvalue weighted by molar-refractivity contribution is -0.143. The van der Waals surface area contributed by atoms with E-state index in [1.807, 2.05) is 17.0 Å². The molecule has 0 spiro atoms. The van der Waals surface area contributed by atoms with Crippen LogP contribution in [-0.4, -0.2) is 78.5 Å². The van der Waals surface area contributed by atoms with E-state index in [0.29, 0.717) is 38.5 Å². The van der Waals surface area contributed by atoms with E-state index >= 15 is 0 Å². The zero-order valence-electron chi connectivity index (χ0n) is 19.0. The first-order valence-corrected chi connectivity index (χ1v) is 12.2. The highest BCUT2D eigenvalue weighted by molar-refractivity contribution is 5.85. The minimum Gasteiger partial charge on any atom is -0.376 e. The van der Waals surface area contributed by atoms with E-state index in [1.54, 1.807) is 11.0 Å². The summed E-state index contributed by atoms with van der Waals surface area (Å²) in [7, 11) is 0. The van der Waals surface area contributed by atoms with Crippen LogP contribution >= 0.6 is 0 Å². The number of benzene rings is 1. The second-order valence-corrected chi connectivity index (χ2v) is 9.52. The largest absolute Gasteiger partial charge is 0.376 e. The Balaban J connectivity index is 1.31. The molecule has 0 bridgehead atoms. The summed E-state index contributed by atoms with van der Waals surface area (Å²) in [5.41, 5.74) is 0.743. The summed E-state index contributed by atoms with van der Waals surface area (Å²) in [6, 6.07) is 6.98. The van der Waals surface area contributed by atoms with E-state index in [9.17, 15) is 14.0 Å². The van der Waals surface area contributed by atoms with Gasteiger partial charge in [0.2, 0.25) is 11.8 Å². The molecule has 32 heavy (non-hydrogen) atoms. The Bertz CT molecular complexity index is 775. The van der Waals surface area contributed by atoms with Gasteiger partial charge in [0.05, 0.1) is 12.6 Å². The van der Waals surface area contributed by atoms with E-state index in [-0.39, 0.29) is 30.3 Å². The smallest absolute Gasteiger partial charge is 0.242 e. The monoisotopic (exact) mass is 445 g/mol. The van der Waals surface area contributed by atoms with Crippen LogP contribution in [0.2, 0.25) is 0 Å². The molecule has 0 saturated carbocycles. The first-order chi connectivity index (χ1) is 15.6. The number of hydrogen-bond acceptors (Lipinski definition) is 4. The van der Waals surface area contributed by atoms with Crippen molar-refractivity contribution in [2.45, 2.75) is 57.6 Å². The summed E-state index contributed by atoms with van der Waals surface area (Å²) in [6.45, 7) is 5.44. The predicted octanol–water partition coefficient (Wildman–Crippen LogP) is 3.06. The van der Waals surface area contributed by atoms with E-state index in [1.165, 1.54) is 6.07 Å². The third-order valence-corrected chi connectivity index (χ3v) is 7.09. The highest BCUT2D eigenvalue weighted by atomic mass is 19.1. The standard InChI is InChI=1S/C25H36FN3O3/c26-23-8-2-1-6-21(23)17-27-13-10-20(11-14-27)16-29(18-22-7-5-15-32-22)25(31)19-28-12-4-3-9-24(28)30/h1-2,6,8,20,22H,3-5,7,9-19H2/t22-/m0/s1. The molecule has 3 heterocycles. The van der Waals surface area contributed by atoms with Gasteiger partial charge in [-0.1, -0.05) is 18.2 Å². The lowest BCUT2D eigenvalue weighted by Crippen LogP contribution is -2.49. The average Bonchev–Trinajstić information content (AvgIpc) is 3.31. The predicted molar refractivity (Wildman–Crippen MR) is 120 cm³/mol. The fourth-order valence-corrected chi connectivity index (χ4v) is 5.11. The zero-order valence-corrected chi connectivity index (χ0v) is 19.0. The molecule has 3 fully saturated rings. The minimum atomic E-state index is -0.143. The maximum atomic E-state index is 14.0. The second-order valence-electron chi connectivity index (χ2n) is 9.52. The van der Waals surface area contributed by atoms with Gasteiger partial charge in [0.15, 0.2) is 0 Å². The number of rotatable bonds is 8. The van der Waals surface area contributed by atoms with Crippen LogP contribution < -0.4 is 0 Å². The van der Waals surface area contributed by atoms with Crippen LogP contribution in [0.1, 0.15) is 50.5 Å². The van der Waals surface area contributed by atoms with Crippen LogP contribution in [0, 0.1) is 11.7 Å². The number of piperidine rings is 2. The van der Waals surface area contributed by atoms with E-state index in [0.717, 1.165) is 63.8 Å². The molecular weight excluding hydrogens is 409 g/mol. The van der Waals surface area contributed by atoms with Crippen LogP contribution in [0.4, 0.5) is 4.39 Å². The van der Waals surface area contributed by atoms with Crippen molar-refractivity contribution in [2.75, 3.05) is 45.9 Å². The first kappa shape index (κ1) is 23.2. The van der Waals surface area contributed by atoms with Gasteiger partial charge in [-0.15, -0.1) is 0 Å². The number of likely N-dealkylation sites (tertiary alicyclic amines) is 2. The van der Waals surface area contributed by atoms with Gasteiger partial charge in [-0.05, 0) is 63.6 Å². The van der Waals surface area contributed by atoms with Gasteiger partial charge >= 0.3 is 0 Å². The normalized spacial score (nSPS) is 23.0. The van der Waals surface area contributed by atoms with Gasteiger partial charge in [-0.25, -0.2) is 4.39 Å². The van der Waals surface area contributed by atoms with Crippen LogP contribution in [-0.2, 0) is 20.9 Å². The van der Waals surface area contributed by atoms with Crippen molar-refractivity contribution in [1.82, 2.24) is 14.7 Å². The Morgan fingerprint density at radius 2 is 1.88 bits per heavy atom. The maximum absolute atomic E-state index is 14.0. The van der Waals surface area contributed by atoms with Gasteiger partial charge in [-0.2, -0.15) is 0 Å². The van der Waals surface area contributed by atoms with Crippen molar-refractivity contribution >= 4 is 11.8 Å². The van der Waals surface area contributed by atoms with Gasteiger partial charge < -0.3 is 14.5 Å². The number of carbonyl (C=O) groups excluding carboxylic acids is 2. The third-order valence-electron chi connectivity index (χ3n) is 7.09. The summed E-state index contributed by atoms with van der Waals surface area (Å²) in [4.78, 5) is 31.4. The summed E-state index contributed by atoms with van der Waals surface area (Å²) < 4.78 is 19.8. The fraction of sp³-hybridized carbons (Fsp3) is 0.680. The van der Waals surface area contributed by atoms with Gasteiger partial charge in [0, 0.05) is 44.8 Å². The third kappa shape index (κ3) is 6.29. The SMILES string of the molecule is O=C1CCCCN1CC(=O)N(CC1CCN(Cc2ccccc2F)CC1)C[C@@H]1CCCO1. The number of halogens is 1. The van der Waals surface area contributed by atoms with Crippen molar-refractivity contribution in [3.63, 3.8) is 0 Å². The molecule has 3 saturated heterocycles. The summed E-state index contributed by atoms with van der Waals surface area (Å²) in [6.07, 6.45) is 6.59. The van der Waals surface area contributed by atoms with Crippen LogP contribution in [0.3, 0.4) is 0 Å². The average molecular weight is 446 g/mol. The molecule has 1 aromatic carbocycles. The molecule has 176 valence electrons. The Morgan fingerprint density at radius 1 is 1.06 bits per heavy atom. The van der Waals surface area contributed by atoms with Crippen molar-refractivity contribution in [1.29, 1.82) is 0 Å². The van der Waals surface area contributed by atoms with Crippen molar-refractivity contribution in [3.05, 3.63) is 35.6 Å². The number of carbonyl (C=O) groups is 2. The molecule has 1 atom stereocenters. The number of ether oxygens (including phenoxy) is 1. The molecule has 1 aromatic rings. The lowest BCUT2D eigenvalue weighted by Gasteiger charge is -2.36. The second kappa shape index (κ2) is 11.2. The van der Waals surface area contributed by atoms with E-state index in [2.05, 4.69) is 4.90 Å². The molecule has 4 rings (SSSR count). The molecule has 2 amide bonds. The number of amides is 2. The Hall–Kier alpha value is -1.99. The molecular formula is C25H36FN3O3. The van der Waals surface area contributed by atoms with E-state index in [4.69, 9.17) is 4.74 Å². The molecule has 6 nitrogen and oxygen atoms in total. The molecule has 3 aliphatic rings. The van der Waals surface area contributed by atoms with Crippen LogP contribution in [0.5, 0.6) is 0 Å². The van der Waals surface area contributed by atoms with Gasteiger partial charge in [0.25, 0.3) is 0 Å². The molecule has 3 aliphatic heterocycles. The Morgan fingerprint density at radius 3 is 2.59 bits per heavy atom. The molecule has 0 unspecified atom stereocenters. The number of nitrogens with zero attached hydrogens (tertiary/aromatic N) is 3. The Kier molecular flexibility index (Phi) is 8.14. The van der Waals surface area contributed by atoms with Gasteiger partial charge in [0.1, 0.15) is 5.82 Å². The quantitative estimate of drug-likeness (QED) is 0.617. The molecule has 0 radical (unpaired) electrons. The van der Waals surface area contributed by atoms with Crippen molar-refractivity contribution < 1.29 is 18.7 Å². The molecule has 0 aromatic heterocycles. The van der Waals surface area contributed by atoms with E-state index < -0.39 is 0 Å². The number of hydrogen-bond donors (Lipinski definition) is 0. The van der Waals surface area contributed by atoms with Crippen molar-refractivity contribution in [2.24, 2.45) is 5.92 Å². The minimum absolute atomic E-state index is 0.0459. The highest BCUT2D eigenvalue weighted by Crippen LogP contribution is 2.23. The van der Waals surface area contributed by atoms with Crippen molar-refractivity contribution in [3.8, 4) is 0 Å². The Labute approximate surface area is 190 Å². The summed E-state index contributed by atoms with van der Waals surface area (Å²) in [5.74, 6) is 0.428. The topological polar surface area (TPSA) is 53.1 Å².